The molecule has 2 atom stereocenters. The second-order valence-electron chi connectivity index (χ2n) is 8.62. The molecule has 31 heavy (non-hydrogen) atoms. The highest BCUT2D eigenvalue weighted by Crippen LogP contribution is 2.30. The van der Waals surface area contributed by atoms with E-state index in [4.69, 9.17) is 4.74 Å². The van der Waals surface area contributed by atoms with E-state index in [0.717, 1.165) is 55.4 Å². The number of nitrogens with one attached hydrogen (secondary N) is 1. The topological polar surface area (TPSA) is 75.7 Å². The molecule has 2 aliphatic rings. The van der Waals surface area contributed by atoms with Gasteiger partial charge in [-0.3, -0.25) is 9.10 Å². The number of amides is 1. The Balaban J connectivity index is 1.49. The first-order valence-corrected chi connectivity index (χ1v) is 12.8. The quantitative estimate of drug-likeness (QED) is 0.764. The zero-order chi connectivity index (χ0) is 22.0. The minimum Gasteiger partial charge on any atom is -0.488 e. The van der Waals surface area contributed by atoms with Gasteiger partial charge >= 0.3 is 0 Å². The number of benzene rings is 2. The van der Waals surface area contributed by atoms with E-state index in [1.165, 1.54) is 10.6 Å². The van der Waals surface area contributed by atoms with Crippen LogP contribution in [0.25, 0.3) is 0 Å². The molecule has 2 aromatic rings. The summed E-state index contributed by atoms with van der Waals surface area (Å²) in [4.78, 5) is 13.0. The number of carbonyl (C=O) groups excluding carboxylic acids is 1. The highest BCUT2D eigenvalue weighted by Gasteiger charge is 2.29. The van der Waals surface area contributed by atoms with Gasteiger partial charge in [-0.1, -0.05) is 18.6 Å². The number of rotatable bonds is 5. The number of sulfonamides is 1. The molecule has 1 saturated carbocycles. The van der Waals surface area contributed by atoms with E-state index in [1.54, 1.807) is 12.1 Å². The summed E-state index contributed by atoms with van der Waals surface area (Å²) in [5.41, 5.74) is 3.30. The maximum atomic E-state index is 13.0. The summed E-state index contributed by atoms with van der Waals surface area (Å²) < 4.78 is 31.8. The smallest absolute Gasteiger partial charge is 0.251 e. The Hall–Kier alpha value is -2.54. The third kappa shape index (κ3) is 5.03. The molecule has 4 rings (SSSR count). The van der Waals surface area contributed by atoms with Gasteiger partial charge in [0.05, 0.1) is 18.0 Å². The lowest BCUT2D eigenvalue weighted by molar-refractivity contribution is 0.0797. The molecule has 0 radical (unpaired) electrons. The monoisotopic (exact) mass is 442 g/mol. The minimum absolute atomic E-state index is 0.0506. The van der Waals surface area contributed by atoms with Crippen LogP contribution in [0.15, 0.2) is 42.5 Å². The van der Waals surface area contributed by atoms with Crippen LogP contribution in [0, 0.1) is 6.92 Å². The summed E-state index contributed by atoms with van der Waals surface area (Å²) in [6.07, 6.45) is 6.62. The Morgan fingerprint density at radius 2 is 1.90 bits per heavy atom. The maximum Gasteiger partial charge on any atom is 0.251 e. The summed E-state index contributed by atoms with van der Waals surface area (Å²) >= 11 is 0. The van der Waals surface area contributed by atoms with Crippen LogP contribution in [0.2, 0.25) is 0 Å². The molecule has 1 heterocycles. The molecule has 166 valence electrons. The predicted molar refractivity (Wildman–Crippen MR) is 122 cm³/mol. The molecular weight excluding hydrogens is 412 g/mol. The van der Waals surface area contributed by atoms with E-state index in [9.17, 15) is 13.2 Å². The summed E-state index contributed by atoms with van der Waals surface area (Å²) in [5, 5.41) is 3.17. The van der Waals surface area contributed by atoms with Crippen LogP contribution in [0.5, 0.6) is 5.75 Å². The molecule has 1 fully saturated rings. The van der Waals surface area contributed by atoms with E-state index in [2.05, 4.69) is 5.32 Å². The van der Waals surface area contributed by atoms with E-state index < -0.39 is 10.0 Å². The van der Waals surface area contributed by atoms with Gasteiger partial charge in [-0.15, -0.1) is 0 Å². The molecule has 0 bridgehead atoms. The highest BCUT2D eigenvalue weighted by molar-refractivity contribution is 7.92. The SMILES string of the molecule is Cc1cccc(OC2CCCCC2NC(=O)c2ccc3c(c2)CCCN3S(C)(=O)=O)c1. The van der Waals surface area contributed by atoms with Gasteiger partial charge in [0.25, 0.3) is 5.91 Å². The van der Waals surface area contributed by atoms with Gasteiger partial charge in [0.1, 0.15) is 11.9 Å². The van der Waals surface area contributed by atoms with E-state index in [0.29, 0.717) is 17.8 Å². The predicted octanol–water partition coefficient (Wildman–Crippen LogP) is 3.83. The summed E-state index contributed by atoms with van der Waals surface area (Å²) in [5.74, 6) is 0.699. The van der Waals surface area contributed by atoms with Crippen molar-refractivity contribution in [1.82, 2.24) is 5.32 Å². The first kappa shape index (κ1) is 21.7. The van der Waals surface area contributed by atoms with Crippen molar-refractivity contribution in [3.8, 4) is 5.75 Å². The number of ether oxygens (including phenoxy) is 1. The molecule has 1 aliphatic heterocycles. The van der Waals surface area contributed by atoms with Crippen molar-refractivity contribution in [1.29, 1.82) is 0 Å². The molecule has 2 aromatic carbocycles. The zero-order valence-electron chi connectivity index (χ0n) is 18.1. The number of nitrogens with zero attached hydrogens (tertiary/aromatic N) is 1. The summed E-state index contributed by atoms with van der Waals surface area (Å²) in [7, 11) is -3.32. The van der Waals surface area contributed by atoms with Gasteiger partial charge in [0.15, 0.2) is 0 Å². The van der Waals surface area contributed by atoms with Gasteiger partial charge in [-0.25, -0.2) is 8.42 Å². The number of fused-ring (bicyclic) bond motifs is 1. The first-order chi connectivity index (χ1) is 14.8. The molecule has 0 aromatic heterocycles. The minimum atomic E-state index is -3.32. The molecular formula is C24H30N2O4S. The first-order valence-electron chi connectivity index (χ1n) is 11.0. The largest absolute Gasteiger partial charge is 0.488 e. The van der Waals surface area contributed by atoms with Gasteiger partial charge in [0, 0.05) is 12.1 Å². The maximum absolute atomic E-state index is 13.0. The third-order valence-electron chi connectivity index (χ3n) is 6.11. The van der Waals surface area contributed by atoms with Gasteiger partial charge < -0.3 is 10.1 Å². The molecule has 7 heteroatoms. The fourth-order valence-electron chi connectivity index (χ4n) is 4.57. The van der Waals surface area contributed by atoms with Gasteiger partial charge in [-0.05, 0) is 80.5 Å². The van der Waals surface area contributed by atoms with Gasteiger partial charge in [0.2, 0.25) is 10.0 Å². The Morgan fingerprint density at radius 1 is 1.10 bits per heavy atom. The van der Waals surface area contributed by atoms with Crippen LogP contribution in [0.3, 0.4) is 0 Å². The summed E-state index contributed by atoms with van der Waals surface area (Å²) in [6.45, 7) is 2.52. The van der Waals surface area contributed by atoms with Crippen LogP contribution < -0.4 is 14.4 Å². The summed E-state index contributed by atoms with van der Waals surface area (Å²) in [6, 6.07) is 13.2. The fraction of sp³-hybridized carbons (Fsp3) is 0.458. The van der Waals surface area contributed by atoms with Crippen molar-refractivity contribution < 1.29 is 17.9 Å². The number of aryl methyl sites for hydroxylation is 2. The Morgan fingerprint density at radius 3 is 2.68 bits per heavy atom. The van der Waals surface area contributed by atoms with Crippen molar-refractivity contribution >= 4 is 21.6 Å². The van der Waals surface area contributed by atoms with Crippen molar-refractivity contribution in [3.05, 3.63) is 59.2 Å². The number of carbonyl (C=O) groups is 1. The zero-order valence-corrected chi connectivity index (χ0v) is 19.0. The molecule has 1 N–H and O–H groups in total. The number of hydrogen-bond acceptors (Lipinski definition) is 4. The Bertz CT molecular complexity index is 1070. The second-order valence-corrected chi connectivity index (χ2v) is 10.5. The van der Waals surface area contributed by atoms with Crippen LogP contribution in [-0.2, 0) is 16.4 Å². The lowest BCUT2D eigenvalue weighted by atomic mass is 9.92. The average Bonchev–Trinajstić information content (AvgIpc) is 2.73. The van der Waals surface area contributed by atoms with Crippen molar-refractivity contribution in [3.63, 3.8) is 0 Å². The van der Waals surface area contributed by atoms with E-state index in [1.807, 2.05) is 37.3 Å². The Kier molecular flexibility index (Phi) is 6.23. The second kappa shape index (κ2) is 8.91. The molecule has 6 nitrogen and oxygen atoms in total. The molecule has 0 spiro atoms. The van der Waals surface area contributed by atoms with Crippen molar-refractivity contribution in [2.24, 2.45) is 0 Å². The molecule has 0 saturated heterocycles. The number of hydrogen-bond donors (Lipinski definition) is 1. The van der Waals surface area contributed by atoms with Gasteiger partial charge in [-0.2, -0.15) is 0 Å². The highest BCUT2D eigenvalue weighted by atomic mass is 32.2. The fourth-order valence-corrected chi connectivity index (χ4v) is 5.56. The molecule has 1 amide bonds. The van der Waals surface area contributed by atoms with Crippen LogP contribution in [0.1, 0.15) is 53.6 Å². The van der Waals surface area contributed by atoms with Crippen molar-refractivity contribution in [2.45, 2.75) is 57.6 Å². The standard InChI is InChI=1S/C24H30N2O4S/c1-17-7-5-9-20(15-17)30-23-11-4-3-10-21(23)25-24(27)19-12-13-22-18(16-19)8-6-14-26(22)31(2,28)29/h5,7,9,12-13,15-16,21,23H,3-4,6,8,10-11,14H2,1-2H3,(H,25,27). The van der Waals surface area contributed by atoms with Crippen molar-refractivity contribution in [2.75, 3.05) is 17.1 Å². The van der Waals surface area contributed by atoms with Crippen LogP contribution in [-0.4, -0.2) is 39.3 Å². The Labute approximate surface area is 184 Å². The van der Waals surface area contributed by atoms with Crippen LogP contribution in [0.4, 0.5) is 5.69 Å². The molecule has 1 aliphatic carbocycles. The normalized spacial score (nSPS) is 21.3. The lowest BCUT2D eigenvalue weighted by Gasteiger charge is -2.33. The number of anilines is 1. The van der Waals surface area contributed by atoms with E-state index >= 15 is 0 Å². The molecule has 2 unspecified atom stereocenters. The lowest BCUT2D eigenvalue weighted by Crippen LogP contribution is -2.47. The van der Waals surface area contributed by atoms with E-state index in [-0.39, 0.29) is 18.1 Å². The average molecular weight is 443 g/mol. The van der Waals surface area contributed by atoms with Crippen LogP contribution >= 0.6 is 0 Å². The third-order valence-corrected chi connectivity index (χ3v) is 7.29.